The second-order valence-corrected chi connectivity index (χ2v) is 3.94. The molecule has 1 rings (SSSR count). The van der Waals surface area contributed by atoms with Crippen molar-refractivity contribution in [3.05, 3.63) is 23.2 Å². The maximum Gasteiger partial charge on any atom is 0.0660 e. The van der Waals surface area contributed by atoms with Crippen LogP contribution in [0, 0.1) is 11.3 Å². The summed E-state index contributed by atoms with van der Waals surface area (Å²) in [5, 5.41) is 9.23. The average molecular weight is 224 g/mol. The largest absolute Gasteiger partial charge is 0.399 e. The molecule has 1 unspecified atom stereocenters. The van der Waals surface area contributed by atoms with E-state index < -0.39 is 0 Å². The molecule has 0 bridgehead atoms. The third-order valence-electron chi connectivity index (χ3n) is 2.40. The Morgan fingerprint density at radius 3 is 2.80 bits per heavy atom. The van der Waals surface area contributed by atoms with Crippen LogP contribution in [0.3, 0.4) is 0 Å². The Morgan fingerprint density at radius 2 is 2.27 bits per heavy atom. The summed E-state index contributed by atoms with van der Waals surface area (Å²) in [7, 11) is 1.92. The van der Waals surface area contributed by atoms with Gasteiger partial charge in [-0.05, 0) is 25.1 Å². The van der Waals surface area contributed by atoms with E-state index in [9.17, 15) is 0 Å². The number of anilines is 2. The SMILES string of the molecule is CC(CC#N)N(C)c1ccc(N)cc1Cl. The molecule has 0 aromatic heterocycles. The van der Waals surface area contributed by atoms with Crippen molar-refractivity contribution in [3.63, 3.8) is 0 Å². The van der Waals surface area contributed by atoms with E-state index in [1.54, 1.807) is 12.1 Å². The third kappa shape index (κ3) is 2.77. The maximum absolute atomic E-state index is 8.62. The fourth-order valence-corrected chi connectivity index (χ4v) is 1.64. The van der Waals surface area contributed by atoms with E-state index in [1.165, 1.54) is 0 Å². The van der Waals surface area contributed by atoms with Crippen LogP contribution < -0.4 is 10.6 Å². The van der Waals surface area contributed by atoms with E-state index in [4.69, 9.17) is 22.6 Å². The van der Waals surface area contributed by atoms with Crippen molar-refractivity contribution >= 4 is 23.0 Å². The van der Waals surface area contributed by atoms with Crippen molar-refractivity contribution in [3.8, 4) is 6.07 Å². The molecule has 0 spiro atoms. The molecule has 15 heavy (non-hydrogen) atoms. The van der Waals surface area contributed by atoms with E-state index in [1.807, 2.05) is 24.9 Å². The number of nitrogens with zero attached hydrogens (tertiary/aromatic N) is 2. The second-order valence-electron chi connectivity index (χ2n) is 3.53. The number of nitrogens with two attached hydrogens (primary N) is 1. The van der Waals surface area contributed by atoms with Crippen molar-refractivity contribution in [2.45, 2.75) is 19.4 Å². The van der Waals surface area contributed by atoms with Gasteiger partial charge in [0.1, 0.15) is 0 Å². The lowest BCUT2D eigenvalue weighted by molar-refractivity contribution is 0.703. The van der Waals surface area contributed by atoms with Crippen LogP contribution in [-0.2, 0) is 0 Å². The highest BCUT2D eigenvalue weighted by molar-refractivity contribution is 6.33. The monoisotopic (exact) mass is 223 g/mol. The summed E-state index contributed by atoms with van der Waals surface area (Å²) in [5.74, 6) is 0. The van der Waals surface area contributed by atoms with Crippen molar-refractivity contribution in [1.29, 1.82) is 5.26 Å². The molecular formula is C11H14ClN3. The molecule has 1 atom stereocenters. The number of benzene rings is 1. The first-order valence-corrected chi connectivity index (χ1v) is 5.09. The predicted octanol–water partition coefficient (Wildman–Crippen LogP) is 2.66. The minimum absolute atomic E-state index is 0.135. The van der Waals surface area contributed by atoms with Gasteiger partial charge in [-0.25, -0.2) is 0 Å². The highest BCUT2D eigenvalue weighted by atomic mass is 35.5. The summed E-state index contributed by atoms with van der Waals surface area (Å²) in [6.45, 7) is 1.98. The maximum atomic E-state index is 8.62. The minimum atomic E-state index is 0.135. The van der Waals surface area contributed by atoms with Gasteiger partial charge in [0.05, 0.1) is 23.2 Å². The van der Waals surface area contributed by atoms with Crippen LogP contribution in [0.2, 0.25) is 5.02 Å². The van der Waals surface area contributed by atoms with Gasteiger partial charge in [-0.1, -0.05) is 11.6 Å². The number of halogens is 1. The van der Waals surface area contributed by atoms with E-state index in [2.05, 4.69) is 6.07 Å². The van der Waals surface area contributed by atoms with Crippen LogP contribution in [0.1, 0.15) is 13.3 Å². The molecule has 1 aromatic carbocycles. The zero-order chi connectivity index (χ0) is 11.4. The molecule has 0 radical (unpaired) electrons. The van der Waals surface area contributed by atoms with Crippen LogP contribution in [0.15, 0.2) is 18.2 Å². The van der Waals surface area contributed by atoms with Crippen LogP contribution in [0.25, 0.3) is 0 Å². The Bertz CT molecular complexity index is 384. The van der Waals surface area contributed by atoms with Crippen molar-refractivity contribution in [2.24, 2.45) is 0 Å². The smallest absolute Gasteiger partial charge is 0.0660 e. The first-order chi connectivity index (χ1) is 7.06. The van der Waals surface area contributed by atoms with E-state index in [-0.39, 0.29) is 6.04 Å². The summed E-state index contributed by atoms with van der Waals surface area (Å²) in [5.41, 5.74) is 7.15. The molecule has 0 saturated carbocycles. The molecule has 0 saturated heterocycles. The molecule has 1 aromatic rings. The van der Waals surface area contributed by atoms with Gasteiger partial charge in [0, 0.05) is 18.8 Å². The Hall–Kier alpha value is -1.40. The number of hydrogen-bond donors (Lipinski definition) is 1. The average Bonchev–Trinajstić information content (AvgIpc) is 2.17. The molecule has 0 heterocycles. The summed E-state index contributed by atoms with van der Waals surface area (Å²) in [6, 6.07) is 7.66. The molecule has 2 N–H and O–H groups in total. The van der Waals surface area contributed by atoms with Gasteiger partial charge in [0.25, 0.3) is 0 Å². The highest BCUT2D eigenvalue weighted by Crippen LogP contribution is 2.28. The number of nitrogen functional groups attached to an aromatic ring is 1. The molecule has 0 fully saturated rings. The van der Waals surface area contributed by atoms with Gasteiger partial charge in [-0.15, -0.1) is 0 Å². The lowest BCUT2D eigenvalue weighted by Gasteiger charge is -2.26. The molecule has 0 aliphatic heterocycles. The van der Waals surface area contributed by atoms with Crippen LogP contribution in [-0.4, -0.2) is 13.1 Å². The number of nitriles is 1. The van der Waals surface area contributed by atoms with E-state index in [0.717, 1.165) is 5.69 Å². The summed E-state index contributed by atoms with van der Waals surface area (Å²) >= 11 is 6.06. The van der Waals surface area contributed by atoms with Crippen LogP contribution in [0.5, 0.6) is 0 Å². The molecule has 0 aliphatic carbocycles. The van der Waals surface area contributed by atoms with Gasteiger partial charge in [0.15, 0.2) is 0 Å². The second kappa shape index (κ2) is 4.90. The fourth-order valence-electron chi connectivity index (χ4n) is 1.32. The number of rotatable bonds is 3. The Balaban J connectivity index is 2.91. The third-order valence-corrected chi connectivity index (χ3v) is 2.70. The Labute approximate surface area is 95.1 Å². The molecule has 80 valence electrons. The minimum Gasteiger partial charge on any atom is -0.399 e. The van der Waals surface area contributed by atoms with Gasteiger partial charge in [-0.3, -0.25) is 0 Å². The van der Waals surface area contributed by atoms with Crippen LogP contribution in [0.4, 0.5) is 11.4 Å². The lowest BCUT2D eigenvalue weighted by atomic mass is 10.2. The first-order valence-electron chi connectivity index (χ1n) is 4.71. The van der Waals surface area contributed by atoms with Gasteiger partial charge >= 0.3 is 0 Å². The topological polar surface area (TPSA) is 53.0 Å². The highest BCUT2D eigenvalue weighted by Gasteiger charge is 2.12. The molecule has 4 heteroatoms. The summed E-state index contributed by atoms with van der Waals surface area (Å²) in [6.07, 6.45) is 0.469. The van der Waals surface area contributed by atoms with Gasteiger partial charge < -0.3 is 10.6 Å². The van der Waals surface area contributed by atoms with E-state index >= 15 is 0 Å². The number of hydrogen-bond acceptors (Lipinski definition) is 3. The quantitative estimate of drug-likeness (QED) is 0.802. The predicted molar refractivity (Wildman–Crippen MR) is 64.0 cm³/mol. The van der Waals surface area contributed by atoms with Gasteiger partial charge in [-0.2, -0.15) is 5.26 Å². The van der Waals surface area contributed by atoms with Crippen molar-refractivity contribution in [1.82, 2.24) is 0 Å². The lowest BCUT2D eigenvalue weighted by Crippen LogP contribution is -2.28. The Morgan fingerprint density at radius 1 is 1.60 bits per heavy atom. The summed E-state index contributed by atoms with van der Waals surface area (Å²) in [4.78, 5) is 1.98. The summed E-state index contributed by atoms with van der Waals surface area (Å²) < 4.78 is 0. The normalized spacial score (nSPS) is 11.9. The van der Waals surface area contributed by atoms with Crippen molar-refractivity contribution in [2.75, 3.05) is 17.7 Å². The van der Waals surface area contributed by atoms with Crippen molar-refractivity contribution < 1.29 is 0 Å². The fraction of sp³-hybridized carbons (Fsp3) is 0.364. The Kier molecular flexibility index (Phi) is 3.81. The zero-order valence-corrected chi connectivity index (χ0v) is 9.62. The standard InChI is InChI=1S/C11H14ClN3/c1-8(5-6-13)15(2)11-4-3-9(14)7-10(11)12/h3-4,7-8H,5,14H2,1-2H3. The molecule has 0 aliphatic rings. The molecule has 0 amide bonds. The first kappa shape index (κ1) is 11.7. The molecular weight excluding hydrogens is 210 g/mol. The van der Waals surface area contributed by atoms with E-state index in [0.29, 0.717) is 17.1 Å². The zero-order valence-electron chi connectivity index (χ0n) is 8.87. The van der Waals surface area contributed by atoms with Gasteiger partial charge in [0.2, 0.25) is 0 Å². The molecule has 3 nitrogen and oxygen atoms in total. The van der Waals surface area contributed by atoms with Crippen LogP contribution >= 0.6 is 11.6 Å².